The number of rotatable bonds is 3. The molecule has 1 aliphatic rings. The van der Waals surface area contributed by atoms with E-state index in [-0.39, 0.29) is 10.7 Å². The van der Waals surface area contributed by atoms with Crippen molar-refractivity contribution in [2.24, 2.45) is 0 Å². The number of hydrogen-bond donors (Lipinski definition) is 2. The van der Waals surface area contributed by atoms with Gasteiger partial charge in [-0.3, -0.25) is 0 Å². The number of benzene rings is 1. The molecule has 1 aromatic carbocycles. The number of nitrogen functional groups attached to an aromatic ring is 1. The number of halogens is 3. The van der Waals surface area contributed by atoms with Gasteiger partial charge >= 0.3 is 0 Å². The predicted molar refractivity (Wildman–Crippen MR) is 77.8 cm³/mol. The third-order valence-corrected chi connectivity index (χ3v) is 3.69. The van der Waals surface area contributed by atoms with Crippen molar-refractivity contribution >= 4 is 28.9 Å². The molecule has 110 valence electrons. The van der Waals surface area contributed by atoms with Crippen LogP contribution in [0.25, 0.3) is 0 Å². The molecular formula is C14H13ClF2N4. The Labute approximate surface area is 125 Å². The van der Waals surface area contributed by atoms with Crippen LogP contribution in [0.4, 0.5) is 26.1 Å². The molecule has 4 nitrogen and oxygen atoms in total. The summed E-state index contributed by atoms with van der Waals surface area (Å²) in [4.78, 5) is 8.61. The molecule has 0 bridgehead atoms. The van der Waals surface area contributed by atoms with E-state index in [1.54, 1.807) is 6.92 Å². The van der Waals surface area contributed by atoms with Gasteiger partial charge in [0.05, 0.1) is 10.7 Å². The van der Waals surface area contributed by atoms with Gasteiger partial charge < -0.3 is 11.1 Å². The van der Waals surface area contributed by atoms with Crippen molar-refractivity contribution in [1.29, 1.82) is 0 Å². The van der Waals surface area contributed by atoms with Gasteiger partial charge in [-0.2, -0.15) is 0 Å². The van der Waals surface area contributed by atoms with Crippen LogP contribution in [0, 0.1) is 18.6 Å². The summed E-state index contributed by atoms with van der Waals surface area (Å²) in [6, 6.07) is 1.80. The zero-order chi connectivity index (χ0) is 15.1. The van der Waals surface area contributed by atoms with Crippen molar-refractivity contribution in [3.63, 3.8) is 0 Å². The van der Waals surface area contributed by atoms with E-state index >= 15 is 0 Å². The lowest BCUT2D eigenvalue weighted by molar-refractivity contribution is 0.586. The number of nitrogens with zero attached hydrogens (tertiary/aromatic N) is 2. The summed E-state index contributed by atoms with van der Waals surface area (Å²) in [5, 5.41) is 2.74. The van der Waals surface area contributed by atoms with Crippen molar-refractivity contribution in [2.45, 2.75) is 25.7 Å². The minimum atomic E-state index is -0.787. The Balaban J connectivity index is 2.02. The van der Waals surface area contributed by atoms with E-state index in [1.165, 1.54) is 0 Å². The molecule has 0 atom stereocenters. The third-order valence-electron chi connectivity index (χ3n) is 3.39. The predicted octanol–water partition coefficient (Wildman–Crippen LogP) is 3.92. The summed E-state index contributed by atoms with van der Waals surface area (Å²) >= 11 is 5.87. The monoisotopic (exact) mass is 310 g/mol. The minimum absolute atomic E-state index is 0.0268. The van der Waals surface area contributed by atoms with Gasteiger partial charge in [0.1, 0.15) is 23.3 Å². The maximum absolute atomic E-state index is 13.8. The van der Waals surface area contributed by atoms with E-state index in [9.17, 15) is 8.78 Å². The summed E-state index contributed by atoms with van der Waals surface area (Å²) < 4.78 is 26.9. The van der Waals surface area contributed by atoms with E-state index in [0.717, 1.165) is 25.0 Å². The Hall–Kier alpha value is -1.95. The topological polar surface area (TPSA) is 63.8 Å². The molecule has 0 spiro atoms. The molecule has 1 heterocycles. The number of nitrogens with two attached hydrogens (primary N) is 1. The molecule has 0 amide bonds. The maximum atomic E-state index is 13.8. The zero-order valence-corrected chi connectivity index (χ0v) is 12.0. The van der Waals surface area contributed by atoms with Crippen LogP contribution in [0.1, 0.15) is 30.1 Å². The highest BCUT2D eigenvalue weighted by atomic mass is 35.5. The highest BCUT2D eigenvalue weighted by Crippen LogP contribution is 2.40. The molecule has 0 unspecified atom stereocenters. The summed E-state index contributed by atoms with van der Waals surface area (Å²) in [5.74, 6) is 0.149. The Bertz CT molecular complexity index is 693. The molecule has 21 heavy (non-hydrogen) atoms. The Morgan fingerprint density at radius 2 is 2.00 bits per heavy atom. The second kappa shape index (κ2) is 5.11. The molecule has 1 fully saturated rings. The molecule has 0 aliphatic heterocycles. The SMILES string of the molecule is Cc1c(N)nc(C2CC2)nc1Nc1c(F)cc(F)cc1Cl. The standard InChI is InChI=1S/C14H13ClF2N4/c1-6-12(18)20-14(7-2-3-7)21-13(6)19-11-9(15)4-8(16)5-10(11)17/h4-5,7H,2-3H2,1H3,(H3,18,19,20,21). The summed E-state index contributed by atoms with van der Waals surface area (Å²) in [6.45, 7) is 1.73. The molecule has 1 aliphatic carbocycles. The fourth-order valence-corrected chi connectivity index (χ4v) is 2.22. The van der Waals surface area contributed by atoms with Gasteiger partial charge in [0.2, 0.25) is 0 Å². The fraction of sp³-hybridized carbons (Fsp3) is 0.286. The van der Waals surface area contributed by atoms with Crippen LogP contribution < -0.4 is 11.1 Å². The van der Waals surface area contributed by atoms with Gasteiger partial charge in [-0.1, -0.05) is 11.6 Å². The highest BCUT2D eigenvalue weighted by molar-refractivity contribution is 6.33. The van der Waals surface area contributed by atoms with Gasteiger partial charge in [0.25, 0.3) is 0 Å². The highest BCUT2D eigenvalue weighted by Gasteiger charge is 2.28. The van der Waals surface area contributed by atoms with Gasteiger partial charge in [-0.25, -0.2) is 18.7 Å². The van der Waals surface area contributed by atoms with Gasteiger partial charge in [-0.05, 0) is 25.8 Å². The fourth-order valence-electron chi connectivity index (χ4n) is 1.98. The summed E-state index contributed by atoms with van der Waals surface area (Å²) in [7, 11) is 0. The Morgan fingerprint density at radius 1 is 1.29 bits per heavy atom. The van der Waals surface area contributed by atoms with Crippen LogP contribution in [0.2, 0.25) is 5.02 Å². The van der Waals surface area contributed by atoms with Gasteiger partial charge in [0, 0.05) is 17.5 Å². The second-order valence-electron chi connectivity index (χ2n) is 5.08. The number of nitrogens with one attached hydrogen (secondary N) is 1. The van der Waals surface area contributed by atoms with Crippen molar-refractivity contribution in [3.8, 4) is 0 Å². The molecule has 2 aromatic rings. The van der Waals surface area contributed by atoms with Gasteiger partial charge in [0.15, 0.2) is 5.82 Å². The van der Waals surface area contributed by atoms with E-state index in [0.29, 0.717) is 28.9 Å². The molecular weight excluding hydrogens is 298 g/mol. The van der Waals surface area contributed by atoms with Crippen molar-refractivity contribution in [2.75, 3.05) is 11.1 Å². The number of hydrogen-bond acceptors (Lipinski definition) is 4. The largest absolute Gasteiger partial charge is 0.383 e. The first kappa shape index (κ1) is 14.0. The van der Waals surface area contributed by atoms with Crippen LogP contribution in [-0.4, -0.2) is 9.97 Å². The molecule has 0 saturated heterocycles. The Kier molecular flexibility index (Phi) is 3.41. The van der Waals surface area contributed by atoms with Crippen molar-refractivity contribution in [3.05, 3.63) is 40.2 Å². The quantitative estimate of drug-likeness (QED) is 0.902. The first-order valence-corrected chi connectivity index (χ1v) is 6.89. The van der Waals surface area contributed by atoms with E-state index in [4.69, 9.17) is 17.3 Å². The van der Waals surface area contributed by atoms with E-state index in [2.05, 4.69) is 15.3 Å². The summed E-state index contributed by atoms with van der Waals surface area (Å²) in [6.07, 6.45) is 2.04. The first-order chi connectivity index (χ1) is 9.95. The maximum Gasteiger partial charge on any atom is 0.151 e. The number of aromatic nitrogens is 2. The van der Waals surface area contributed by atoms with Crippen LogP contribution >= 0.6 is 11.6 Å². The first-order valence-electron chi connectivity index (χ1n) is 6.51. The number of anilines is 3. The lowest BCUT2D eigenvalue weighted by Gasteiger charge is -2.13. The second-order valence-corrected chi connectivity index (χ2v) is 5.49. The lowest BCUT2D eigenvalue weighted by Crippen LogP contribution is -2.07. The van der Waals surface area contributed by atoms with Crippen LogP contribution in [0.15, 0.2) is 12.1 Å². The molecule has 0 radical (unpaired) electrons. The minimum Gasteiger partial charge on any atom is -0.383 e. The molecule has 3 rings (SSSR count). The molecule has 3 N–H and O–H groups in total. The lowest BCUT2D eigenvalue weighted by atomic mass is 10.2. The summed E-state index contributed by atoms with van der Waals surface area (Å²) in [5.41, 5.74) is 6.43. The van der Waals surface area contributed by atoms with Crippen LogP contribution in [0.5, 0.6) is 0 Å². The Morgan fingerprint density at radius 3 is 2.62 bits per heavy atom. The normalized spacial score (nSPS) is 14.3. The van der Waals surface area contributed by atoms with Crippen LogP contribution in [0.3, 0.4) is 0 Å². The van der Waals surface area contributed by atoms with Crippen molar-refractivity contribution < 1.29 is 8.78 Å². The van der Waals surface area contributed by atoms with E-state index in [1.807, 2.05) is 0 Å². The van der Waals surface area contributed by atoms with E-state index < -0.39 is 11.6 Å². The average Bonchev–Trinajstić information content (AvgIpc) is 3.22. The molecule has 1 saturated carbocycles. The van der Waals surface area contributed by atoms with Crippen molar-refractivity contribution in [1.82, 2.24) is 9.97 Å². The van der Waals surface area contributed by atoms with Crippen LogP contribution in [-0.2, 0) is 0 Å². The average molecular weight is 311 g/mol. The van der Waals surface area contributed by atoms with Gasteiger partial charge in [-0.15, -0.1) is 0 Å². The zero-order valence-electron chi connectivity index (χ0n) is 11.3. The molecule has 1 aromatic heterocycles. The molecule has 7 heteroatoms. The smallest absolute Gasteiger partial charge is 0.151 e. The third kappa shape index (κ3) is 2.76.